The smallest absolute Gasteiger partial charge is 0.248 e. The molecule has 0 radical (unpaired) electrons. The van der Waals surface area contributed by atoms with Crippen LogP contribution in [0, 0.1) is 0 Å². The number of carbonyl (C=O) groups excluding carboxylic acids is 1. The van der Waals surface area contributed by atoms with Crippen LogP contribution in [-0.2, 0) is 9.53 Å². The Kier molecular flexibility index (Phi) is 5.20. The third kappa shape index (κ3) is 3.85. The van der Waals surface area contributed by atoms with Gasteiger partial charge in [-0.1, -0.05) is 0 Å². The van der Waals surface area contributed by atoms with Crippen LogP contribution in [0.25, 0.3) is 0 Å². The van der Waals surface area contributed by atoms with Crippen molar-refractivity contribution in [2.45, 2.75) is 6.10 Å². The number of morpholine rings is 1. The average molecular weight is 280 g/mol. The molecule has 20 heavy (non-hydrogen) atoms. The molecule has 1 saturated heterocycles. The summed E-state index contributed by atoms with van der Waals surface area (Å²) in [6, 6.07) is 7.34. The van der Waals surface area contributed by atoms with Gasteiger partial charge in [0.2, 0.25) is 5.91 Å². The van der Waals surface area contributed by atoms with E-state index in [4.69, 9.17) is 19.9 Å². The van der Waals surface area contributed by atoms with Crippen molar-refractivity contribution >= 4 is 5.91 Å². The van der Waals surface area contributed by atoms with Gasteiger partial charge in [0.25, 0.3) is 0 Å². The van der Waals surface area contributed by atoms with Gasteiger partial charge in [0.05, 0.1) is 19.8 Å². The van der Waals surface area contributed by atoms with Gasteiger partial charge in [-0.25, -0.2) is 0 Å². The third-order valence-electron chi connectivity index (χ3n) is 3.17. The Morgan fingerprint density at radius 1 is 1.35 bits per heavy atom. The van der Waals surface area contributed by atoms with Gasteiger partial charge in [-0.15, -0.1) is 0 Å². The predicted octanol–water partition coefficient (Wildman–Crippen LogP) is 0.260. The van der Waals surface area contributed by atoms with Crippen molar-refractivity contribution in [3.8, 4) is 11.5 Å². The largest absolute Gasteiger partial charge is 0.497 e. The van der Waals surface area contributed by atoms with Gasteiger partial charge in [0.15, 0.2) is 0 Å². The number of amides is 1. The molecule has 0 spiro atoms. The Morgan fingerprint density at radius 2 is 2.05 bits per heavy atom. The summed E-state index contributed by atoms with van der Waals surface area (Å²) in [6.07, 6.45) is -0.0753. The van der Waals surface area contributed by atoms with E-state index in [1.165, 1.54) is 0 Å². The second-order valence-electron chi connectivity index (χ2n) is 4.53. The van der Waals surface area contributed by atoms with Crippen LogP contribution < -0.4 is 15.2 Å². The Bertz CT molecular complexity index is 435. The molecule has 1 aliphatic rings. The molecule has 1 unspecified atom stereocenters. The fraction of sp³-hybridized carbons (Fsp3) is 0.500. The zero-order valence-corrected chi connectivity index (χ0v) is 11.6. The molecule has 1 aromatic carbocycles. The van der Waals surface area contributed by atoms with E-state index >= 15 is 0 Å². The number of rotatable bonds is 6. The minimum atomic E-state index is -0.0753. The SMILES string of the molecule is COc1ccc(OCCN2CC(CN)OCC2=O)cc1. The molecule has 2 rings (SSSR count). The summed E-state index contributed by atoms with van der Waals surface area (Å²) in [5, 5.41) is 0. The highest BCUT2D eigenvalue weighted by molar-refractivity contribution is 5.78. The minimum absolute atomic E-state index is 0.0203. The Balaban J connectivity index is 1.77. The van der Waals surface area contributed by atoms with E-state index in [9.17, 15) is 4.79 Å². The van der Waals surface area contributed by atoms with Crippen LogP contribution in [0.3, 0.4) is 0 Å². The van der Waals surface area contributed by atoms with E-state index in [0.717, 1.165) is 11.5 Å². The number of ether oxygens (including phenoxy) is 3. The molecule has 1 aliphatic heterocycles. The monoisotopic (exact) mass is 280 g/mol. The predicted molar refractivity (Wildman–Crippen MR) is 73.9 cm³/mol. The Labute approximate surface area is 118 Å². The lowest BCUT2D eigenvalue weighted by atomic mass is 10.2. The van der Waals surface area contributed by atoms with Gasteiger partial charge in [-0.2, -0.15) is 0 Å². The van der Waals surface area contributed by atoms with Crippen molar-refractivity contribution in [3.05, 3.63) is 24.3 Å². The fourth-order valence-electron chi connectivity index (χ4n) is 1.98. The highest BCUT2D eigenvalue weighted by Gasteiger charge is 2.24. The molecule has 6 nitrogen and oxygen atoms in total. The Hall–Kier alpha value is -1.79. The maximum Gasteiger partial charge on any atom is 0.248 e. The number of benzene rings is 1. The summed E-state index contributed by atoms with van der Waals surface area (Å²) in [5.41, 5.74) is 5.55. The molecule has 110 valence electrons. The van der Waals surface area contributed by atoms with Crippen molar-refractivity contribution in [2.75, 3.05) is 40.0 Å². The van der Waals surface area contributed by atoms with Crippen LogP contribution >= 0.6 is 0 Å². The van der Waals surface area contributed by atoms with E-state index in [2.05, 4.69) is 0 Å². The van der Waals surface area contributed by atoms with Gasteiger partial charge in [0, 0.05) is 13.1 Å². The van der Waals surface area contributed by atoms with Gasteiger partial charge in [-0.3, -0.25) is 4.79 Å². The molecule has 0 aliphatic carbocycles. The number of hydrogen-bond donors (Lipinski definition) is 1. The normalized spacial score (nSPS) is 19.0. The Morgan fingerprint density at radius 3 is 2.70 bits per heavy atom. The lowest BCUT2D eigenvalue weighted by Gasteiger charge is -2.32. The quantitative estimate of drug-likeness (QED) is 0.809. The van der Waals surface area contributed by atoms with E-state index in [1.807, 2.05) is 24.3 Å². The zero-order valence-electron chi connectivity index (χ0n) is 11.6. The minimum Gasteiger partial charge on any atom is -0.497 e. The van der Waals surface area contributed by atoms with Crippen molar-refractivity contribution < 1.29 is 19.0 Å². The maximum absolute atomic E-state index is 11.7. The summed E-state index contributed by atoms with van der Waals surface area (Å²) in [6.45, 7) is 2.02. The lowest BCUT2D eigenvalue weighted by molar-refractivity contribution is -0.148. The summed E-state index contributed by atoms with van der Waals surface area (Å²) in [7, 11) is 1.62. The number of methoxy groups -OCH3 is 1. The van der Waals surface area contributed by atoms with Crippen LogP contribution in [0.5, 0.6) is 11.5 Å². The lowest BCUT2D eigenvalue weighted by Crippen LogP contribution is -2.50. The topological polar surface area (TPSA) is 74.0 Å². The molecule has 1 aromatic rings. The molecule has 1 heterocycles. The van der Waals surface area contributed by atoms with Crippen LogP contribution in [-0.4, -0.2) is 56.9 Å². The van der Waals surface area contributed by atoms with E-state index in [-0.39, 0.29) is 18.6 Å². The molecule has 0 aromatic heterocycles. The zero-order chi connectivity index (χ0) is 14.4. The van der Waals surface area contributed by atoms with E-state index < -0.39 is 0 Å². The van der Waals surface area contributed by atoms with Crippen molar-refractivity contribution in [1.82, 2.24) is 4.90 Å². The number of hydrogen-bond acceptors (Lipinski definition) is 5. The maximum atomic E-state index is 11.7. The van der Waals surface area contributed by atoms with Gasteiger partial charge >= 0.3 is 0 Å². The molecular weight excluding hydrogens is 260 g/mol. The standard InChI is InChI=1S/C14H20N2O4/c1-18-11-2-4-12(5-3-11)19-7-6-16-9-13(8-15)20-10-14(16)17/h2-5,13H,6-10,15H2,1H3. The highest BCUT2D eigenvalue weighted by atomic mass is 16.5. The van der Waals surface area contributed by atoms with Crippen LogP contribution in [0.15, 0.2) is 24.3 Å². The fourth-order valence-corrected chi connectivity index (χ4v) is 1.98. The summed E-state index contributed by atoms with van der Waals surface area (Å²) in [5.74, 6) is 1.52. The molecule has 1 amide bonds. The highest BCUT2D eigenvalue weighted by Crippen LogP contribution is 2.17. The number of nitrogens with two attached hydrogens (primary N) is 1. The molecule has 6 heteroatoms. The first-order valence-electron chi connectivity index (χ1n) is 6.59. The number of carbonyl (C=O) groups is 1. The van der Waals surface area contributed by atoms with E-state index in [0.29, 0.717) is 26.2 Å². The van der Waals surface area contributed by atoms with Crippen molar-refractivity contribution in [2.24, 2.45) is 5.73 Å². The van der Waals surface area contributed by atoms with E-state index in [1.54, 1.807) is 12.0 Å². The molecule has 1 atom stereocenters. The molecule has 0 saturated carbocycles. The third-order valence-corrected chi connectivity index (χ3v) is 3.17. The molecule has 2 N–H and O–H groups in total. The average Bonchev–Trinajstić information content (AvgIpc) is 2.50. The first-order valence-corrected chi connectivity index (χ1v) is 6.59. The number of nitrogens with zero attached hydrogens (tertiary/aromatic N) is 1. The van der Waals surface area contributed by atoms with Gasteiger partial charge < -0.3 is 24.8 Å². The molecule has 0 bridgehead atoms. The second kappa shape index (κ2) is 7.12. The first-order chi connectivity index (χ1) is 9.72. The summed E-state index contributed by atoms with van der Waals surface area (Å²) in [4.78, 5) is 13.4. The second-order valence-corrected chi connectivity index (χ2v) is 4.53. The van der Waals surface area contributed by atoms with Gasteiger partial charge in [-0.05, 0) is 24.3 Å². The summed E-state index contributed by atoms with van der Waals surface area (Å²) < 4.78 is 16.0. The first kappa shape index (κ1) is 14.6. The van der Waals surface area contributed by atoms with Crippen LogP contribution in [0.1, 0.15) is 0 Å². The summed E-state index contributed by atoms with van der Waals surface area (Å²) >= 11 is 0. The van der Waals surface area contributed by atoms with Crippen LogP contribution in [0.2, 0.25) is 0 Å². The molecule has 1 fully saturated rings. The van der Waals surface area contributed by atoms with Crippen molar-refractivity contribution in [3.63, 3.8) is 0 Å². The van der Waals surface area contributed by atoms with Crippen molar-refractivity contribution in [1.29, 1.82) is 0 Å². The molecular formula is C14H20N2O4. The van der Waals surface area contributed by atoms with Gasteiger partial charge in [0.1, 0.15) is 24.7 Å². The van der Waals surface area contributed by atoms with Crippen LogP contribution in [0.4, 0.5) is 0 Å².